The maximum absolute atomic E-state index is 15.5. The summed E-state index contributed by atoms with van der Waals surface area (Å²) >= 11 is 0. The van der Waals surface area contributed by atoms with Crippen molar-refractivity contribution in [1.29, 1.82) is 5.26 Å². The third-order valence-corrected chi connectivity index (χ3v) is 7.13. The van der Waals surface area contributed by atoms with Crippen LogP contribution in [0.15, 0.2) is 59.4 Å². The maximum Gasteiger partial charge on any atom is 0.251 e. The second kappa shape index (κ2) is 13.4. The number of aryl methyl sites for hydroxylation is 1. The molecule has 1 aliphatic heterocycles. The number of hydrazone groups is 1. The summed E-state index contributed by atoms with van der Waals surface area (Å²) in [7, 11) is 1.62. The summed E-state index contributed by atoms with van der Waals surface area (Å²) in [6.07, 6.45) is 0.354. The Labute approximate surface area is 244 Å². The number of hydrogen-bond donors (Lipinski definition) is 2. The first-order valence-corrected chi connectivity index (χ1v) is 13.4. The van der Waals surface area contributed by atoms with Crippen LogP contribution in [0.4, 0.5) is 8.78 Å². The van der Waals surface area contributed by atoms with Crippen LogP contribution in [0.25, 0.3) is 0 Å². The predicted octanol–water partition coefficient (Wildman–Crippen LogP) is 4.54. The van der Waals surface area contributed by atoms with Gasteiger partial charge >= 0.3 is 0 Å². The Bertz CT molecular complexity index is 1450. The molecule has 2 amide bonds. The lowest BCUT2D eigenvalue weighted by molar-refractivity contribution is -0.138. The fourth-order valence-electron chi connectivity index (χ4n) is 4.99. The molecule has 2 N–H and O–H groups in total. The molecule has 2 aromatic carbocycles. The van der Waals surface area contributed by atoms with Crippen LogP contribution in [0.1, 0.15) is 61.6 Å². The van der Waals surface area contributed by atoms with Crippen molar-refractivity contribution in [2.24, 2.45) is 10.5 Å². The van der Waals surface area contributed by atoms with Gasteiger partial charge < -0.3 is 20.4 Å². The number of likely N-dealkylation sites (tertiary alicyclic amines) is 1. The highest BCUT2D eigenvalue weighted by Crippen LogP contribution is 2.45. The topological polar surface area (TPSA) is 124 Å². The molecule has 0 bridgehead atoms. The van der Waals surface area contributed by atoms with Gasteiger partial charge in [0.1, 0.15) is 23.8 Å². The van der Waals surface area contributed by atoms with Gasteiger partial charge in [-0.15, -0.1) is 0 Å². The number of alkyl halides is 1. The zero-order valence-corrected chi connectivity index (χ0v) is 24.4. The molecular weight excluding hydrogens is 544 g/mol. The number of nitrogens with one attached hydrogen (secondary N) is 2. The van der Waals surface area contributed by atoms with Crippen LogP contribution < -0.4 is 15.5 Å². The third-order valence-electron chi connectivity index (χ3n) is 7.13. The first-order valence-electron chi connectivity index (χ1n) is 13.4. The van der Waals surface area contributed by atoms with Crippen molar-refractivity contribution in [3.63, 3.8) is 0 Å². The summed E-state index contributed by atoms with van der Waals surface area (Å²) in [6, 6.07) is 9.07. The van der Waals surface area contributed by atoms with E-state index >= 15 is 4.39 Å². The summed E-state index contributed by atoms with van der Waals surface area (Å²) < 4.78 is 35.2. The van der Waals surface area contributed by atoms with Crippen molar-refractivity contribution >= 4 is 23.8 Å². The molecular formula is C31H35F2N5O4. The first kappa shape index (κ1) is 31.9. The van der Waals surface area contributed by atoms with Crippen molar-refractivity contribution in [1.82, 2.24) is 15.6 Å². The van der Waals surface area contributed by atoms with Crippen LogP contribution in [-0.4, -0.2) is 54.0 Å². The number of nitrogens with zero attached hydrogens (tertiary/aromatic N) is 3. The number of benzene rings is 2. The summed E-state index contributed by atoms with van der Waals surface area (Å²) in [5, 5.41) is 16.4. The molecule has 11 heteroatoms. The normalized spacial score (nSPS) is 20.0. The number of carbonyl (C=O) groups excluding carboxylic acids is 3. The van der Waals surface area contributed by atoms with Gasteiger partial charge in [-0.3, -0.25) is 14.4 Å². The molecule has 1 heterocycles. The zero-order valence-electron chi connectivity index (χ0n) is 24.4. The van der Waals surface area contributed by atoms with E-state index in [0.29, 0.717) is 23.3 Å². The Morgan fingerprint density at radius 2 is 1.98 bits per heavy atom. The van der Waals surface area contributed by atoms with Crippen LogP contribution in [0.3, 0.4) is 0 Å². The number of carbonyl (C=O) groups is 3. The standard InChI is InChI=1S/C31H35F2N5O4/c1-18-12-22(10-11-26(18)42-24(16-39)13-19(2)37-35-6)29(40)36-20(3)30(41)38-27(31(4,5)17-34)15-25(33)28(38)21-8-7-9-23(32)14-21/h7-14,16,20,25,27-28,35H,15H2,1-6H3,(H,36,40)/b24-13+,37-19-/t20-,25+,27?,28?/m1/s1. The van der Waals surface area contributed by atoms with Crippen molar-refractivity contribution in [2.45, 2.75) is 65.3 Å². The number of allylic oxidation sites excluding steroid dienone is 2. The Morgan fingerprint density at radius 1 is 1.26 bits per heavy atom. The molecule has 0 radical (unpaired) electrons. The Hall–Kier alpha value is -4.59. The molecule has 0 aliphatic carbocycles. The number of amides is 2. The van der Waals surface area contributed by atoms with Gasteiger partial charge in [-0.1, -0.05) is 12.1 Å². The van der Waals surface area contributed by atoms with Crippen molar-refractivity contribution < 1.29 is 27.9 Å². The monoisotopic (exact) mass is 579 g/mol. The molecule has 222 valence electrons. The van der Waals surface area contributed by atoms with Crippen LogP contribution in [0, 0.1) is 29.5 Å². The van der Waals surface area contributed by atoms with Crippen LogP contribution in [-0.2, 0) is 9.59 Å². The zero-order chi connectivity index (χ0) is 31.2. The quantitative estimate of drug-likeness (QED) is 0.140. The number of hydrogen-bond acceptors (Lipinski definition) is 7. The van der Waals surface area contributed by atoms with E-state index in [0.717, 1.165) is 0 Å². The molecule has 9 nitrogen and oxygen atoms in total. The second-order valence-electron chi connectivity index (χ2n) is 10.8. The minimum atomic E-state index is -1.54. The number of nitriles is 1. The van der Waals surface area contributed by atoms with Gasteiger partial charge in [0.05, 0.1) is 29.3 Å². The van der Waals surface area contributed by atoms with Gasteiger partial charge in [-0.25, -0.2) is 8.78 Å². The lowest BCUT2D eigenvalue weighted by atomic mass is 9.84. The van der Waals surface area contributed by atoms with Crippen molar-refractivity contribution in [3.8, 4) is 11.8 Å². The molecule has 42 heavy (non-hydrogen) atoms. The summed E-state index contributed by atoms with van der Waals surface area (Å²) in [5.41, 5.74) is 3.08. The smallest absolute Gasteiger partial charge is 0.251 e. The lowest BCUT2D eigenvalue weighted by Gasteiger charge is -2.37. The average molecular weight is 580 g/mol. The summed E-state index contributed by atoms with van der Waals surface area (Å²) in [6.45, 7) is 8.10. The molecule has 1 saturated heterocycles. The Kier molecular flexibility index (Phi) is 10.2. The predicted molar refractivity (Wildman–Crippen MR) is 154 cm³/mol. The van der Waals surface area contributed by atoms with E-state index in [1.54, 1.807) is 40.8 Å². The van der Waals surface area contributed by atoms with E-state index in [2.05, 4.69) is 21.9 Å². The van der Waals surface area contributed by atoms with E-state index < -0.39 is 47.3 Å². The maximum atomic E-state index is 15.5. The first-order chi connectivity index (χ1) is 19.8. The lowest BCUT2D eigenvalue weighted by Crippen LogP contribution is -2.52. The highest BCUT2D eigenvalue weighted by molar-refractivity contribution is 5.98. The van der Waals surface area contributed by atoms with Crippen LogP contribution in [0.5, 0.6) is 5.75 Å². The summed E-state index contributed by atoms with van der Waals surface area (Å²) in [5.74, 6) is -1.37. The second-order valence-corrected chi connectivity index (χ2v) is 10.8. The van der Waals surface area contributed by atoms with Crippen LogP contribution >= 0.6 is 0 Å². The number of rotatable bonds is 10. The SMILES string of the molecule is CN/N=C(C)\C=C(/C=O)Oc1ccc(C(=O)N[C@H](C)C(=O)N2C(c3cccc(F)c3)[C@@H](F)CC2C(C)(C)C#N)cc1C. The molecule has 2 unspecified atom stereocenters. The molecule has 1 aliphatic rings. The van der Waals surface area contributed by atoms with E-state index in [-0.39, 0.29) is 23.3 Å². The van der Waals surface area contributed by atoms with Gasteiger partial charge in [-0.05, 0) is 76.1 Å². The Balaban J connectivity index is 1.83. The minimum Gasteiger partial charge on any atom is -0.454 e. The molecule has 0 aromatic heterocycles. The van der Waals surface area contributed by atoms with Crippen LogP contribution in [0.2, 0.25) is 0 Å². The average Bonchev–Trinajstić information content (AvgIpc) is 3.30. The highest BCUT2D eigenvalue weighted by atomic mass is 19.1. The van der Waals surface area contributed by atoms with E-state index in [9.17, 15) is 24.0 Å². The molecule has 0 saturated carbocycles. The molecule has 1 fully saturated rings. The van der Waals surface area contributed by atoms with Gasteiger partial charge in [0.2, 0.25) is 5.91 Å². The number of ether oxygens (including phenoxy) is 1. The van der Waals surface area contributed by atoms with Gasteiger partial charge in [0.25, 0.3) is 5.91 Å². The van der Waals surface area contributed by atoms with Gasteiger partial charge in [0.15, 0.2) is 12.0 Å². The molecule has 4 atom stereocenters. The molecule has 0 spiro atoms. The van der Waals surface area contributed by atoms with E-state index in [1.165, 1.54) is 54.3 Å². The Morgan fingerprint density at radius 3 is 2.57 bits per heavy atom. The largest absolute Gasteiger partial charge is 0.454 e. The minimum absolute atomic E-state index is 0.0190. The summed E-state index contributed by atoms with van der Waals surface area (Å²) in [4.78, 5) is 39.7. The fraction of sp³-hybridized carbons (Fsp3) is 0.387. The molecule has 3 rings (SSSR count). The van der Waals surface area contributed by atoms with Crippen molar-refractivity contribution in [3.05, 3.63) is 76.8 Å². The van der Waals surface area contributed by atoms with Gasteiger partial charge in [-0.2, -0.15) is 10.4 Å². The van der Waals surface area contributed by atoms with E-state index in [4.69, 9.17) is 4.74 Å². The van der Waals surface area contributed by atoms with Crippen molar-refractivity contribution in [2.75, 3.05) is 7.05 Å². The third kappa shape index (κ3) is 7.18. The molecule has 2 aromatic rings. The number of aldehydes is 1. The highest BCUT2D eigenvalue weighted by Gasteiger charge is 2.51. The van der Waals surface area contributed by atoms with Gasteiger partial charge in [0, 0.05) is 25.1 Å². The fourth-order valence-corrected chi connectivity index (χ4v) is 4.99. The van der Waals surface area contributed by atoms with E-state index in [1.807, 2.05) is 0 Å². The number of halogens is 2.